The first-order valence-corrected chi connectivity index (χ1v) is 5.88. The van der Waals surface area contributed by atoms with E-state index in [0.717, 1.165) is 0 Å². The minimum Gasteiger partial charge on any atom is -0.330 e. The van der Waals surface area contributed by atoms with Gasteiger partial charge in [-0.1, -0.05) is 13.8 Å². The van der Waals surface area contributed by atoms with Gasteiger partial charge in [0.1, 0.15) is 0 Å². The van der Waals surface area contributed by atoms with Crippen molar-refractivity contribution in [3.63, 3.8) is 0 Å². The van der Waals surface area contributed by atoms with E-state index in [4.69, 9.17) is 5.73 Å². The zero-order valence-corrected chi connectivity index (χ0v) is 9.19. The van der Waals surface area contributed by atoms with Crippen LogP contribution in [0.2, 0.25) is 0 Å². The van der Waals surface area contributed by atoms with Crippen LogP contribution in [0.4, 0.5) is 0 Å². The largest absolute Gasteiger partial charge is 0.330 e. The Morgan fingerprint density at radius 2 is 1.92 bits per heavy atom. The average Bonchev–Trinajstić information content (AvgIpc) is 2.01. The SMILES string of the molecule is CCNS(=O)(=O)NC(C)C(C)CN. The van der Waals surface area contributed by atoms with Crippen LogP contribution < -0.4 is 15.2 Å². The van der Waals surface area contributed by atoms with E-state index >= 15 is 0 Å². The van der Waals surface area contributed by atoms with Gasteiger partial charge in [0, 0.05) is 12.6 Å². The molecule has 2 atom stereocenters. The Morgan fingerprint density at radius 1 is 1.38 bits per heavy atom. The summed E-state index contributed by atoms with van der Waals surface area (Å²) in [6.07, 6.45) is 0. The second kappa shape index (κ2) is 5.54. The first-order valence-electron chi connectivity index (χ1n) is 4.40. The molecule has 0 fully saturated rings. The molecule has 5 nitrogen and oxygen atoms in total. The van der Waals surface area contributed by atoms with E-state index in [0.29, 0.717) is 13.1 Å². The minimum absolute atomic E-state index is 0.133. The summed E-state index contributed by atoms with van der Waals surface area (Å²) >= 11 is 0. The van der Waals surface area contributed by atoms with Gasteiger partial charge in [-0.3, -0.25) is 0 Å². The highest BCUT2D eigenvalue weighted by molar-refractivity contribution is 7.87. The molecule has 0 saturated heterocycles. The van der Waals surface area contributed by atoms with Gasteiger partial charge >= 0.3 is 0 Å². The molecule has 0 aliphatic heterocycles. The monoisotopic (exact) mass is 209 g/mol. The maximum atomic E-state index is 11.2. The van der Waals surface area contributed by atoms with Crippen molar-refractivity contribution in [3.05, 3.63) is 0 Å². The van der Waals surface area contributed by atoms with E-state index in [1.165, 1.54) is 0 Å². The summed E-state index contributed by atoms with van der Waals surface area (Å²) < 4.78 is 27.2. The first-order chi connectivity index (χ1) is 5.93. The van der Waals surface area contributed by atoms with Crippen LogP contribution >= 0.6 is 0 Å². The molecule has 0 aliphatic rings. The second-order valence-electron chi connectivity index (χ2n) is 3.12. The molecule has 0 aromatic carbocycles. The normalized spacial score (nSPS) is 16.9. The van der Waals surface area contributed by atoms with Crippen LogP contribution in [0.25, 0.3) is 0 Å². The third-order valence-corrected chi connectivity index (χ3v) is 3.25. The van der Waals surface area contributed by atoms with E-state index < -0.39 is 10.2 Å². The van der Waals surface area contributed by atoms with Gasteiger partial charge in [0.05, 0.1) is 0 Å². The van der Waals surface area contributed by atoms with Crippen molar-refractivity contribution in [2.24, 2.45) is 11.7 Å². The topological polar surface area (TPSA) is 84.2 Å². The average molecular weight is 209 g/mol. The van der Waals surface area contributed by atoms with Crippen molar-refractivity contribution in [1.82, 2.24) is 9.44 Å². The van der Waals surface area contributed by atoms with Gasteiger partial charge in [-0.2, -0.15) is 13.1 Å². The summed E-state index contributed by atoms with van der Waals surface area (Å²) in [6.45, 7) is 6.29. The molecule has 13 heavy (non-hydrogen) atoms. The summed E-state index contributed by atoms with van der Waals surface area (Å²) in [5.41, 5.74) is 5.41. The molecule has 0 amide bonds. The van der Waals surface area contributed by atoms with Crippen molar-refractivity contribution >= 4 is 10.2 Å². The summed E-state index contributed by atoms with van der Waals surface area (Å²) in [5, 5.41) is 0. The third kappa shape index (κ3) is 5.20. The Bertz CT molecular complexity index is 228. The van der Waals surface area contributed by atoms with Crippen molar-refractivity contribution in [2.45, 2.75) is 26.8 Å². The molecule has 6 heteroatoms. The van der Waals surface area contributed by atoms with E-state index in [1.54, 1.807) is 13.8 Å². The van der Waals surface area contributed by atoms with Gasteiger partial charge < -0.3 is 5.73 Å². The highest BCUT2D eigenvalue weighted by Gasteiger charge is 2.16. The van der Waals surface area contributed by atoms with Crippen molar-refractivity contribution < 1.29 is 8.42 Å². The summed E-state index contributed by atoms with van der Waals surface area (Å²) in [5.74, 6) is 0.133. The molecule has 4 N–H and O–H groups in total. The quantitative estimate of drug-likeness (QED) is 0.547. The molecule has 0 aliphatic carbocycles. The van der Waals surface area contributed by atoms with Crippen LogP contribution in [0, 0.1) is 5.92 Å². The van der Waals surface area contributed by atoms with Crippen LogP contribution in [0.15, 0.2) is 0 Å². The molecule has 80 valence electrons. The van der Waals surface area contributed by atoms with E-state index in [-0.39, 0.29) is 12.0 Å². The van der Waals surface area contributed by atoms with E-state index in [9.17, 15) is 8.42 Å². The Morgan fingerprint density at radius 3 is 2.31 bits per heavy atom. The molecule has 0 bridgehead atoms. The molecule has 0 spiro atoms. The molecule has 0 radical (unpaired) electrons. The number of nitrogens with one attached hydrogen (secondary N) is 2. The zero-order chi connectivity index (χ0) is 10.5. The fourth-order valence-corrected chi connectivity index (χ4v) is 1.98. The van der Waals surface area contributed by atoms with Crippen LogP contribution in [-0.4, -0.2) is 27.5 Å². The van der Waals surface area contributed by atoms with Crippen LogP contribution in [0.1, 0.15) is 20.8 Å². The summed E-state index contributed by atoms with van der Waals surface area (Å²) in [7, 11) is -3.34. The maximum Gasteiger partial charge on any atom is 0.277 e. The smallest absolute Gasteiger partial charge is 0.277 e. The fourth-order valence-electron chi connectivity index (χ4n) is 0.797. The second-order valence-corrected chi connectivity index (χ2v) is 4.65. The zero-order valence-electron chi connectivity index (χ0n) is 8.37. The van der Waals surface area contributed by atoms with E-state index in [2.05, 4.69) is 9.44 Å². The van der Waals surface area contributed by atoms with Crippen LogP contribution in [0.3, 0.4) is 0 Å². The number of hydrogen-bond acceptors (Lipinski definition) is 3. The molecule has 0 aromatic heterocycles. The van der Waals surface area contributed by atoms with Crippen molar-refractivity contribution in [3.8, 4) is 0 Å². The van der Waals surface area contributed by atoms with Crippen molar-refractivity contribution in [1.29, 1.82) is 0 Å². The Labute approximate surface area is 80.3 Å². The number of nitrogens with two attached hydrogens (primary N) is 1. The molecule has 0 saturated carbocycles. The lowest BCUT2D eigenvalue weighted by molar-refractivity contribution is 0.450. The van der Waals surface area contributed by atoms with Gasteiger partial charge in [0.25, 0.3) is 10.2 Å². The lowest BCUT2D eigenvalue weighted by Gasteiger charge is -2.19. The predicted octanol–water partition coefficient (Wildman–Crippen LogP) is -0.586. The number of hydrogen-bond donors (Lipinski definition) is 3. The van der Waals surface area contributed by atoms with Crippen LogP contribution in [0.5, 0.6) is 0 Å². The molecule has 0 aromatic rings. The Hall–Kier alpha value is -0.170. The third-order valence-electron chi connectivity index (χ3n) is 1.90. The van der Waals surface area contributed by atoms with Gasteiger partial charge in [-0.15, -0.1) is 0 Å². The first kappa shape index (κ1) is 12.8. The van der Waals surface area contributed by atoms with Crippen molar-refractivity contribution in [2.75, 3.05) is 13.1 Å². The Kier molecular flexibility index (Phi) is 5.46. The van der Waals surface area contributed by atoms with E-state index in [1.807, 2.05) is 6.92 Å². The lowest BCUT2D eigenvalue weighted by Crippen LogP contribution is -2.45. The van der Waals surface area contributed by atoms with Gasteiger partial charge in [-0.25, -0.2) is 4.72 Å². The predicted molar refractivity (Wildman–Crippen MR) is 53.4 cm³/mol. The molecular weight excluding hydrogens is 190 g/mol. The lowest BCUT2D eigenvalue weighted by atomic mass is 10.1. The molecule has 2 unspecified atom stereocenters. The van der Waals surface area contributed by atoms with Crippen LogP contribution in [-0.2, 0) is 10.2 Å². The highest BCUT2D eigenvalue weighted by atomic mass is 32.2. The highest BCUT2D eigenvalue weighted by Crippen LogP contribution is 2.00. The molecule has 0 rings (SSSR count). The fraction of sp³-hybridized carbons (Fsp3) is 1.00. The minimum atomic E-state index is -3.34. The Balaban J connectivity index is 4.11. The van der Waals surface area contributed by atoms with Gasteiger partial charge in [0.2, 0.25) is 0 Å². The number of rotatable bonds is 6. The maximum absolute atomic E-state index is 11.2. The summed E-state index contributed by atoms with van der Waals surface area (Å²) in [6, 6.07) is -0.144. The summed E-state index contributed by atoms with van der Waals surface area (Å²) in [4.78, 5) is 0. The van der Waals surface area contributed by atoms with Gasteiger partial charge in [0.15, 0.2) is 0 Å². The van der Waals surface area contributed by atoms with Gasteiger partial charge in [-0.05, 0) is 19.4 Å². The molecular formula is C7H19N3O2S. The standard InChI is InChI=1S/C7H19N3O2S/c1-4-9-13(11,12)10-7(3)6(2)5-8/h6-7,9-10H,4-5,8H2,1-3H3. The molecule has 0 heterocycles.